The fraction of sp³-hybridized carbons (Fsp3) is 0.208. The van der Waals surface area contributed by atoms with Crippen LogP contribution in [0.1, 0.15) is 38.8 Å². The Morgan fingerprint density at radius 2 is 1.67 bits per heavy atom. The number of hydrogen-bond acceptors (Lipinski definition) is 2. The number of aryl methyl sites for hydroxylation is 1. The van der Waals surface area contributed by atoms with Gasteiger partial charge in [-0.1, -0.05) is 66.2 Å². The Bertz CT molecular complexity index is 1010. The molecule has 1 atom stereocenters. The normalized spacial score (nSPS) is 18.0. The molecule has 3 heteroatoms. The van der Waals surface area contributed by atoms with Gasteiger partial charge >= 0.3 is 0 Å². The number of nitrogens with zero attached hydrogens (tertiary/aromatic N) is 2. The molecule has 1 amide bonds. The Balaban J connectivity index is 1.64. The van der Waals surface area contributed by atoms with E-state index in [-0.39, 0.29) is 12.1 Å². The van der Waals surface area contributed by atoms with Gasteiger partial charge in [-0.2, -0.15) is 0 Å². The number of fused-ring (bicyclic) bond motifs is 5. The highest BCUT2D eigenvalue weighted by atomic mass is 16.2. The smallest absolute Gasteiger partial charge is 0.258 e. The van der Waals surface area contributed by atoms with E-state index in [4.69, 9.17) is 0 Å². The minimum atomic E-state index is -0.0429. The first-order chi connectivity index (χ1) is 13.2. The molecule has 134 valence electrons. The molecule has 0 spiro atoms. The van der Waals surface area contributed by atoms with E-state index in [2.05, 4.69) is 66.4 Å². The van der Waals surface area contributed by atoms with Crippen molar-refractivity contribution in [2.45, 2.75) is 26.1 Å². The van der Waals surface area contributed by atoms with Crippen molar-refractivity contribution in [2.24, 2.45) is 0 Å². The van der Waals surface area contributed by atoms with E-state index in [1.807, 2.05) is 23.1 Å². The summed E-state index contributed by atoms with van der Waals surface area (Å²) in [5.74, 6) is 0.115. The Kier molecular flexibility index (Phi) is 3.75. The molecule has 2 aliphatic rings. The minimum absolute atomic E-state index is 0.0429. The van der Waals surface area contributed by atoms with E-state index in [0.29, 0.717) is 6.54 Å². The molecule has 2 heterocycles. The molecule has 27 heavy (non-hydrogen) atoms. The molecule has 2 aliphatic heterocycles. The zero-order valence-corrected chi connectivity index (χ0v) is 15.4. The maximum Gasteiger partial charge on any atom is 0.258 e. The van der Waals surface area contributed by atoms with Crippen LogP contribution in [0.2, 0.25) is 0 Å². The number of rotatable bonds is 2. The predicted octanol–water partition coefficient (Wildman–Crippen LogP) is 4.71. The Morgan fingerprint density at radius 1 is 0.926 bits per heavy atom. The zero-order valence-electron chi connectivity index (χ0n) is 15.4. The van der Waals surface area contributed by atoms with Crippen molar-refractivity contribution in [3.63, 3.8) is 0 Å². The van der Waals surface area contributed by atoms with Gasteiger partial charge in [-0.25, -0.2) is 0 Å². The average Bonchev–Trinajstić information content (AvgIpc) is 2.72. The largest absolute Gasteiger partial charge is 0.346 e. The molecule has 0 saturated carbocycles. The van der Waals surface area contributed by atoms with E-state index in [0.717, 1.165) is 29.8 Å². The van der Waals surface area contributed by atoms with E-state index >= 15 is 0 Å². The summed E-state index contributed by atoms with van der Waals surface area (Å²) >= 11 is 0. The van der Waals surface area contributed by atoms with Gasteiger partial charge in [0, 0.05) is 13.1 Å². The molecule has 0 aromatic heterocycles. The SMILES string of the molecule is Cc1ccc(CN2C(=O)c3ccccc3N3CCc4ccccc4C23)cc1. The molecule has 3 aromatic rings. The second-order valence-electron chi connectivity index (χ2n) is 7.45. The highest BCUT2D eigenvalue weighted by Crippen LogP contribution is 2.42. The first-order valence-corrected chi connectivity index (χ1v) is 9.52. The van der Waals surface area contributed by atoms with Crippen LogP contribution in [0, 0.1) is 6.92 Å². The second kappa shape index (κ2) is 6.27. The van der Waals surface area contributed by atoms with Gasteiger partial charge in [-0.05, 0) is 42.2 Å². The highest BCUT2D eigenvalue weighted by molar-refractivity contribution is 6.02. The Labute approximate surface area is 159 Å². The number of carbonyl (C=O) groups excluding carboxylic acids is 1. The lowest BCUT2D eigenvalue weighted by Gasteiger charge is -2.48. The summed E-state index contributed by atoms with van der Waals surface area (Å²) < 4.78 is 0. The van der Waals surface area contributed by atoms with E-state index in [9.17, 15) is 4.79 Å². The fourth-order valence-electron chi connectivity index (χ4n) is 4.35. The zero-order chi connectivity index (χ0) is 18.4. The number of hydrogen-bond donors (Lipinski definition) is 0. The molecule has 1 unspecified atom stereocenters. The first-order valence-electron chi connectivity index (χ1n) is 9.52. The summed E-state index contributed by atoms with van der Waals surface area (Å²) in [5, 5.41) is 0. The summed E-state index contributed by atoms with van der Waals surface area (Å²) in [7, 11) is 0. The quantitative estimate of drug-likeness (QED) is 0.665. The maximum absolute atomic E-state index is 13.5. The summed E-state index contributed by atoms with van der Waals surface area (Å²) in [6, 6.07) is 25.1. The van der Waals surface area contributed by atoms with E-state index in [1.165, 1.54) is 16.7 Å². The van der Waals surface area contributed by atoms with E-state index < -0.39 is 0 Å². The van der Waals surface area contributed by atoms with Gasteiger partial charge in [0.05, 0.1) is 11.3 Å². The van der Waals surface area contributed by atoms with E-state index in [1.54, 1.807) is 0 Å². The van der Waals surface area contributed by atoms with Crippen LogP contribution in [0.15, 0.2) is 72.8 Å². The minimum Gasteiger partial charge on any atom is -0.346 e. The van der Waals surface area contributed by atoms with Gasteiger partial charge in [0.25, 0.3) is 5.91 Å². The third-order valence-corrected chi connectivity index (χ3v) is 5.72. The van der Waals surface area contributed by atoms with Crippen LogP contribution in [-0.4, -0.2) is 17.4 Å². The van der Waals surface area contributed by atoms with Crippen LogP contribution in [0.3, 0.4) is 0 Å². The second-order valence-corrected chi connectivity index (χ2v) is 7.45. The van der Waals surface area contributed by atoms with Gasteiger partial charge in [-0.3, -0.25) is 4.79 Å². The highest BCUT2D eigenvalue weighted by Gasteiger charge is 2.40. The van der Waals surface area contributed by atoms with Crippen molar-refractivity contribution in [1.29, 1.82) is 0 Å². The van der Waals surface area contributed by atoms with Gasteiger partial charge in [0.15, 0.2) is 0 Å². The molecule has 3 aromatic carbocycles. The number of carbonyl (C=O) groups is 1. The summed E-state index contributed by atoms with van der Waals surface area (Å²) in [4.78, 5) is 17.9. The van der Waals surface area contributed by atoms with Crippen LogP contribution < -0.4 is 4.90 Å². The monoisotopic (exact) mass is 354 g/mol. The molecule has 0 aliphatic carbocycles. The standard InChI is InChI=1S/C24H22N2O/c1-17-10-12-18(13-11-17)16-26-23-20-7-3-2-6-19(20)14-15-25(23)22-9-5-4-8-21(22)24(26)27/h2-13,23H,14-16H2,1H3. The molecule has 0 radical (unpaired) electrons. The molecule has 0 bridgehead atoms. The molecule has 0 fully saturated rings. The predicted molar refractivity (Wildman–Crippen MR) is 108 cm³/mol. The third kappa shape index (κ3) is 2.62. The van der Waals surface area contributed by atoms with Crippen LogP contribution in [-0.2, 0) is 13.0 Å². The summed E-state index contributed by atoms with van der Waals surface area (Å²) in [6.45, 7) is 3.63. The Morgan fingerprint density at radius 3 is 2.52 bits per heavy atom. The lowest BCUT2D eigenvalue weighted by atomic mass is 9.91. The number of anilines is 1. The van der Waals surface area contributed by atoms with Gasteiger partial charge in [0.1, 0.15) is 6.17 Å². The fourth-order valence-corrected chi connectivity index (χ4v) is 4.35. The maximum atomic E-state index is 13.5. The van der Waals surface area contributed by atoms with Gasteiger partial charge in [0.2, 0.25) is 0 Å². The number of benzene rings is 3. The lowest BCUT2D eigenvalue weighted by Crippen LogP contribution is -2.51. The Hall–Kier alpha value is -3.07. The van der Waals surface area contributed by atoms with Crippen LogP contribution in [0.4, 0.5) is 5.69 Å². The molecule has 0 saturated heterocycles. The van der Waals surface area contributed by atoms with Crippen LogP contribution in [0.5, 0.6) is 0 Å². The van der Waals surface area contributed by atoms with Crippen molar-refractivity contribution in [3.8, 4) is 0 Å². The summed E-state index contributed by atoms with van der Waals surface area (Å²) in [5.41, 5.74) is 6.86. The van der Waals surface area contributed by atoms with Crippen molar-refractivity contribution in [2.75, 3.05) is 11.4 Å². The third-order valence-electron chi connectivity index (χ3n) is 5.72. The van der Waals surface area contributed by atoms with Crippen molar-refractivity contribution < 1.29 is 4.79 Å². The van der Waals surface area contributed by atoms with Crippen LogP contribution >= 0.6 is 0 Å². The topological polar surface area (TPSA) is 23.6 Å². The van der Waals surface area contributed by atoms with Crippen molar-refractivity contribution >= 4 is 11.6 Å². The lowest BCUT2D eigenvalue weighted by molar-refractivity contribution is 0.0622. The number of amides is 1. The van der Waals surface area contributed by atoms with Crippen molar-refractivity contribution in [1.82, 2.24) is 4.90 Å². The molecular formula is C24H22N2O. The van der Waals surface area contributed by atoms with Crippen LogP contribution in [0.25, 0.3) is 0 Å². The average molecular weight is 354 g/mol. The van der Waals surface area contributed by atoms with Crippen molar-refractivity contribution in [3.05, 3.63) is 101 Å². The molecule has 3 nitrogen and oxygen atoms in total. The molecule has 0 N–H and O–H groups in total. The summed E-state index contributed by atoms with van der Waals surface area (Å²) in [6.07, 6.45) is 0.965. The van der Waals surface area contributed by atoms with Gasteiger partial charge < -0.3 is 9.80 Å². The number of para-hydroxylation sites is 1. The molecular weight excluding hydrogens is 332 g/mol. The first kappa shape index (κ1) is 16.1. The molecule has 5 rings (SSSR count). The van der Waals surface area contributed by atoms with Gasteiger partial charge in [-0.15, -0.1) is 0 Å².